The number of anilines is 2. The zero-order valence-electron chi connectivity index (χ0n) is 20.8. The Morgan fingerprint density at radius 1 is 1.21 bits per heavy atom. The highest BCUT2D eigenvalue weighted by Crippen LogP contribution is 2.42. The normalized spacial score (nSPS) is 22.6. The second kappa shape index (κ2) is 10.0. The highest BCUT2D eigenvalue weighted by atomic mass is 35.5. The van der Waals surface area contributed by atoms with Gasteiger partial charge in [-0.05, 0) is 45.0 Å². The lowest BCUT2D eigenvalue weighted by Crippen LogP contribution is -2.48. The van der Waals surface area contributed by atoms with Crippen molar-refractivity contribution < 1.29 is 13.5 Å². The van der Waals surface area contributed by atoms with Crippen LogP contribution < -0.4 is 21.1 Å². The molecule has 4 aromatic rings. The van der Waals surface area contributed by atoms with Gasteiger partial charge in [0, 0.05) is 35.1 Å². The van der Waals surface area contributed by atoms with Gasteiger partial charge in [-0.3, -0.25) is 0 Å². The predicted molar refractivity (Wildman–Crippen MR) is 148 cm³/mol. The summed E-state index contributed by atoms with van der Waals surface area (Å²) < 4.78 is 37.8. The van der Waals surface area contributed by atoms with Gasteiger partial charge in [0.2, 0.25) is 0 Å². The van der Waals surface area contributed by atoms with Crippen LogP contribution in [0.1, 0.15) is 19.3 Å². The lowest BCUT2D eigenvalue weighted by molar-refractivity contribution is 0.188. The maximum Gasteiger partial charge on any atom is 0.319 e. The van der Waals surface area contributed by atoms with Crippen LogP contribution >= 0.6 is 22.9 Å². The third kappa shape index (κ3) is 4.61. The molecule has 12 heteroatoms. The van der Waals surface area contributed by atoms with Crippen molar-refractivity contribution in [3.63, 3.8) is 0 Å². The van der Waals surface area contributed by atoms with Crippen molar-refractivity contribution in [1.29, 1.82) is 0 Å². The summed E-state index contributed by atoms with van der Waals surface area (Å²) in [5.41, 5.74) is 13.3. The number of alkyl halides is 1. The SMILES string of the molecule is CN1CCC[C@H]1COc1nc(N2C[C@H](N)C[C@H](F)C2)c2cc(Cl)c(-c3cccc4sc(N)nc34)c(F)c2n1. The van der Waals surface area contributed by atoms with E-state index in [-0.39, 0.29) is 47.2 Å². The van der Waals surface area contributed by atoms with Crippen LogP contribution in [0.15, 0.2) is 24.3 Å². The van der Waals surface area contributed by atoms with Gasteiger partial charge in [-0.1, -0.05) is 35.1 Å². The van der Waals surface area contributed by atoms with Gasteiger partial charge >= 0.3 is 6.01 Å². The van der Waals surface area contributed by atoms with E-state index in [0.29, 0.717) is 40.6 Å². The van der Waals surface area contributed by atoms with Crippen molar-refractivity contribution in [2.45, 2.75) is 37.5 Å². The number of halogens is 3. The lowest BCUT2D eigenvalue weighted by Gasteiger charge is -2.34. The number of rotatable bonds is 5. The molecule has 3 atom stereocenters. The Bertz CT molecular complexity index is 1510. The summed E-state index contributed by atoms with van der Waals surface area (Å²) in [5, 5.41) is 0.912. The fourth-order valence-corrected chi connectivity index (χ4v) is 6.54. The summed E-state index contributed by atoms with van der Waals surface area (Å²) >= 11 is 8.03. The van der Waals surface area contributed by atoms with E-state index in [9.17, 15) is 4.39 Å². The Morgan fingerprint density at radius 3 is 2.82 bits per heavy atom. The molecule has 2 aliphatic heterocycles. The summed E-state index contributed by atoms with van der Waals surface area (Å²) in [7, 11) is 2.05. The number of nitrogens with zero attached hydrogens (tertiary/aromatic N) is 5. The Balaban J connectivity index is 1.51. The molecule has 4 heterocycles. The van der Waals surface area contributed by atoms with Crippen LogP contribution in [-0.4, -0.2) is 71.4 Å². The van der Waals surface area contributed by atoms with Gasteiger partial charge in [0.25, 0.3) is 0 Å². The molecule has 0 saturated carbocycles. The van der Waals surface area contributed by atoms with Gasteiger partial charge in [-0.2, -0.15) is 9.97 Å². The van der Waals surface area contributed by atoms with Crippen molar-refractivity contribution in [1.82, 2.24) is 19.9 Å². The molecule has 0 unspecified atom stereocenters. The van der Waals surface area contributed by atoms with Crippen molar-refractivity contribution in [2.24, 2.45) is 5.73 Å². The molecule has 200 valence electrons. The molecular formula is C26H28ClF2N7OS. The Hall–Kier alpha value is -2.86. The van der Waals surface area contributed by atoms with Gasteiger partial charge in [0.15, 0.2) is 10.9 Å². The van der Waals surface area contributed by atoms with E-state index in [4.69, 9.17) is 27.8 Å². The van der Waals surface area contributed by atoms with Crippen molar-refractivity contribution >= 4 is 55.0 Å². The van der Waals surface area contributed by atoms with Crippen molar-refractivity contribution in [2.75, 3.05) is 43.9 Å². The highest BCUT2D eigenvalue weighted by Gasteiger charge is 2.30. The molecule has 0 spiro atoms. The van der Waals surface area contributed by atoms with Gasteiger partial charge in [-0.25, -0.2) is 13.8 Å². The number of likely N-dealkylation sites (tertiary alicyclic amines) is 1. The molecule has 2 aliphatic rings. The van der Waals surface area contributed by atoms with Crippen LogP contribution in [0.2, 0.25) is 5.02 Å². The third-order valence-electron chi connectivity index (χ3n) is 7.35. The lowest BCUT2D eigenvalue weighted by atomic mass is 10.0. The minimum atomic E-state index is -1.13. The second-order valence-electron chi connectivity index (χ2n) is 10.1. The summed E-state index contributed by atoms with van der Waals surface area (Å²) in [6.45, 7) is 1.81. The first kappa shape index (κ1) is 25.4. The third-order valence-corrected chi connectivity index (χ3v) is 8.50. The molecule has 4 N–H and O–H groups in total. The fourth-order valence-electron chi connectivity index (χ4n) is 5.49. The molecule has 2 saturated heterocycles. The van der Waals surface area contributed by atoms with Crippen LogP contribution in [0.25, 0.3) is 32.2 Å². The molecule has 2 aromatic carbocycles. The smallest absolute Gasteiger partial charge is 0.319 e. The predicted octanol–water partition coefficient (Wildman–Crippen LogP) is 4.63. The molecule has 0 radical (unpaired) electrons. The van der Waals surface area contributed by atoms with Gasteiger partial charge in [-0.15, -0.1) is 0 Å². The summed E-state index contributed by atoms with van der Waals surface area (Å²) in [4.78, 5) is 17.5. The molecule has 0 amide bonds. The Morgan fingerprint density at radius 2 is 2.05 bits per heavy atom. The molecular weight excluding hydrogens is 532 g/mol. The number of aromatic nitrogens is 3. The number of fused-ring (bicyclic) bond motifs is 2. The number of ether oxygens (including phenoxy) is 1. The number of hydrogen-bond acceptors (Lipinski definition) is 9. The molecule has 2 aromatic heterocycles. The molecule has 6 rings (SSSR count). The summed E-state index contributed by atoms with van der Waals surface area (Å²) in [5.74, 6) is -0.276. The highest BCUT2D eigenvalue weighted by molar-refractivity contribution is 7.22. The Labute approximate surface area is 227 Å². The largest absolute Gasteiger partial charge is 0.462 e. The van der Waals surface area contributed by atoms with Crippen LogP contribution in [0.5, 0.6) is 6.01 Å². The molecule has 0 aliphatic carbocycles. The summed E-state index contributed by atoms with van der Waals surface area (Å²) in [6.07, 6.45) is 1.21. The maximum atomic E-state index is 16.4. The number of piperidine rings is 1. The van der Waals surface area contributed by atoms with E-state index in [1.807, 2.05) is 19.2 Å². The van der Waals surface area contributed by atoms with E-state index in [0.717, 1.165) is 24.1 Å². The number of thiazole rings is 1. The van der Waals surface area contributed by atoms with E-state index in [1.54, 1.807) is 17.0 Å². The average Bonchev–Trinajstić information content (AvgIpc) is 3.46. The number of likely N-dealkylation sites (N-methyl/N-ethyl adjacent to an activating group) is 1. The van der Waals surface area contributed by atoms with E-state index < -0.39 is 12.0 Å². The molecule has 38 heavy (non-hydrogen) atoms. The molecule has 8 nitrogen and oxygen atoms in total. The van der Waals surface area contributed by atoms with Crippen molar-refractivity contribution in [3.8, 4) is 17.1 Å². The Kier molecular flexibility index (Phi) is 6.71. The fraction of sp³-hybridized carbons (Fsp3) is 0.423. The van der Waals surface area contributed by atoms with E-state index in [1.165, 1.54) is 11.3 Å². The first-order chi connectivity index (χ1) is 18.3. The minimum Gasteiger partial charge on any atom is -0.462 e. The first-order valence-corrected chi connectivity index (χ1v) is 13.8. The average molecular weight is 560 g/mol. The van der Waals surface area contributed by atoms with Crippen LogP contribution in [0, 0.1) is 5.82 Å². The first-order valence-electron chi connectivity index (χ1n) is 12.6. The number of nitrogen functional groups attached to an aromatic ring is 1. The minimum absolute atomic E-state index is 0.0330. The van der Waals surface area contributed by atoms with Crippen LogP contribution in [-0.2, 0) is 0 Å². The molecule has 0 bridgehead atoms. The number of para-hydroxylation sites is 1. The standard InChI is InChI=1S/C26H28ClF2N7OS/c1-35-7-3-4-15(35)12-37-26-33-23-17(24(34-26)36-10-13(28)8-14(30)11-36)9-18(27)20(21(23)29)16-5-2-6-19-22(16)32-25(31)38-19/h2,5-6,9,13-15H,3-4,7-8,10-12,30H2,1H3,(H2,31,32)/t13-,14+,15-/m0/s1. The molecule has 2 fully saturated rings. The topological polar surface area (TPSA) is 106 Å². The number of hydrogen-bond donors (Lipinski definition) is 2. The van der Waals surface area contributed by atoms with Crippen LogP contribution in [0.3, 0.4) is 0 Å². The quantitative estimate of drug-likeness (QED) is 0.364. The van der Waals surface area contributed by atoms with Gasteiger partial charge in [0.05, 0.1) is 21.8 Å². The zero-order chi connectivity index (χ0) is 26.6. The van der Waals surface area contributed by atoms with Gasteiger partial charge in [0.1, 0.15) is 24.1 Å². The van der Waals surface area contributed by atoms with E-state index >= 15 is 4.39 Å². The number of benzene rings is 2. The van der Waals surface area contributed by atoms with Crippen LogP contribution in [0.4, 0.5) is 19.7 Å². The second-order valence-corrected chi connectivity index (χ2v) is 11.5. The summed E-state index contributed by atoms with van der Waals surface area (Å²) in [6, 6.07) is 6.93. The number of nitrogens with two attached hydrogens (primary N) is 2. The zero-order valence-corrected chi connectivity index (χ0v) is 22.4. The monoisotopic (exact) mass is 559 g/mol. The van der Waals surface area contributed by atoms with E-state index in [2.05, 4.69) is 19.9 Å². The maximum absolute atomic E-state index is 16.4. The van der Waals surface area contributed by atoms with Crippen molar-refractivity contribution in [3.05, 3.63) is 35.1 Å². The van der Waals surface area contributed by atoms with Gasteiger partial charge < -0.3 is 26.0 Å².